The van der Waals surface area contributed by atoms with Crippen LogP contribution in [-0.2, 0) is 6.54 Å². The Bertz CT molecular complexity index is 460. The van der Waals surface area contributed by atoms with Crippen molar-refractivity contribution >= 4 is 5.84 Å². The molecule has 0 amide bonds. The highest BCUT2D eigenvalue weighted by Crippen LogP contribution is 2.21. The third kappa shape index (κ3) is 5.73. The lowest BCUT2D eigenvalue weighted by atomic mass is 10.1. The third-order valence-electron chi connectivity index (χ3n) is 3.39. The van der Waals surface area contributed by atoms with E-state index in [2.05, 4.69) is 30.8 Å². The zero-order chi connectivity index (χ0) is 15.8. The van der Waals surface area contributed by atoms with Gasteiger partial charge in [-0.1, -0.05) is 6.92 Å². The van der Waals surface area contributed by atoms with E-state index in [1.165, 1.54) is 0 Å². The van der Waals surface area contributed by atoms with Crippen molar-refractivity contribution in [2.24, 2.45) is 5.73 Å². The Balaban J connectivity index is 2.89. The predicted molar refractivity (Wildman–Crippen MR) is 88.1 cm³/mol. The molecule has 0 saturated heterocycles. The summed E-state index contributed by atoms with van der Waals surface area (Å²) >= 11 is 0. The lowest BCUT2D eigenvalue weighted by Crippen LogP contribution is -2.32. The van der Waals surface area contributed by atoms with Gasteiger partial charge in [0.1, 0.15) is 11.6 Å². The van der Waals surface area contributed by atoms with Gasteiger partial charge >= 0.3 is 0 Å². The van der Waals surface area contributed by atoms with Crippen LogP contribution in [-0.4, -0.2) is 56.5 Å². The van der Waals surface area contributed by atoms with Crippen LogP contribution in [0.15, 0.2) is 18.2 Å². The van der Waals surface area contributed by atoms with E-state index >= 15 is 0 Å². The smallest absolute Gasteiger partial charge is 0.123 e. The van der Waals surface area contributed by atoms with Crippen molar-refractivity contribution in [2.45, 2.75) is 19.9 Å². The number of likely N-dealkylation sites (N-methyl/N-ethyl adjacent to an activating group) is 1. The lowest BCUT2D eigenvalue weighted by molar-refractivity contribution is 0.231. The molecule has 0 aliphatic heterocycles. The molecule has 0 aliphatic carbocycles. The zero-order valence-electron chi connectivity index (χ0n) is 13.6. The molecule has 0 bridgehead atoms. The van der Waals surface area contributed by atoms with Crippen LogP contribution >= 0.6 is 0 Å². The Hall–Kier alpha value is -1.59. The summed E-state index contributed by atoms with van der Waals surface area (Å²) in [6.07, 6.45) is 1.11. The second-order valence-electron chi connectivity index (χ2n) is 5.52. The average Bonchev–Trinajstić information content (AvgIpc) is 2.44. The van der Waals surface area contributed by atoms with Gasteiger partial charge in [-0.25, -0.2) is 0 Å². The van der Waals surface area contributed by atoms with Gasteiger partial charge in [0, 0.05) is 30.8 Å². The van der Waals surface area contributed by atoms with E-state index in [4.69, 9.17) is 15.9 Å². The first-order valence-corrected chi connectivity index (χ1v) is 7.36. The van der Waals surface area contributed by atoms with Gasteiger partial charge in [-0.15, -0.1) is 0 Å². The van der Waals surface area contributed by atoms with Gasteiger partial charge in [-0.05, 0) is 45.3 Å². The van der Waals surface area contributed by atoms with Gasteiger partial charge in [0.15, 0.2) is 0 Å². The van der Waals surface area contributed by atoms with Gasteiger partial charge in [-0.3, -0.25) is 10.3 Å². The third-order valence-corrected chi connectivity index (χ3v) is 3.39. The molecule has 0 unspecified atom stereocenters. The summed E-state index contributed by atoms with van der Waals surface area (Å²) in [7, 11) is 5.85. The summed E-state index contributed by atoms with van der Waals surface area (Å²) < 4.78 is 5.44. The number of rotatable bonds is 9. The van der Waals surface area contributed by atoms with Crippen molar-refractivity contribution in [2.75, 3.05) is 40.8 Å². The van der Waals surface area contributed by atoms with E-state index in [1.54, 1.807) is 7.11 Å². The molecule has 3 N–H and O–H groups in total. The second kappa shape index (κ2) is 8.64. The average molecular weight is 292 g/mol. The quantitative estimate of drug-likeness (QED) is 0.537. The second-order valence-corrected chi connectivity index (χ2v) is 5.52. The molecule has 1 aromatic rings. The van der Waals surface area contributed by atoms with Crippen LogP contribution in [0.1, 0.15) is 24.5 Å². The molecule has 21 heavy (non-hydrogen) atoms. The van der Waals surface area contributed by atoms with Crippen LogP contribution in [0, 0.1) is 5.41 Å². The van der Waals surface area contributed by atoms with Crippen molar-refractivity contribution in [3.05, 3.63) is 29.3 Å². The molecule has 1 rings (SSSR count). The van der Waals surface area contributed by atoms with Crippen molar-refractivity contribution < 1.29 is 4.74 Å². The zero-order valence-corrected chi connectivity index (χ0v) is 13.6. The van der Waals surface area contributed by atoms with Crippen molar-refractivity contribution in [1.82, 2.24) is 9.80 Å². The van der Waals surface area contributed by atoms with E-state index < -0.39 is 0 Å². The Morgan fingerprint density at radius 2 is 1.95 bits per heavy atom. The molecular weight excluding hydrogens is 264 g/mol. The standard InChI is InChI=1S/C16H28N4O/c1-5-8-20(10-9-19(2)3)12-14-11-13(16(17)18)6-7-15(14)21-4/h6-7,11H,5,8-10,12H2,1-4H3,(H3,17,18). The topological polar surface area (TPSA) is 65.6 Å². The molecule has 0 fully saturated rings. The molecule has 0 spiro atoms. The number of nitrogen functional groups attached to an aromatic ring is 1. The number of hydrogen-bond acceptors (Lipinski definition) is 4. The number of methoxy groups -OCH3 is 1. The fraction of sp³-hybridized carbons (Fsp3) is 0.562. The minimum Gasteiger partial charge on any atom is -0.496 e. The summed E-state index contributed by atoms with van der Waals surface area (Å²) in [5.74, 6) is 0.945. The molecule has 118 valence electrons. The molecule has 0 heterocycles. The van der Waals surface area contributed by atoms with Crippen LogP contribution in [0.25, 0.3) is 0 Å². The lowest BCUT2D eigenvalue weighted by Gasteiger charge is -2.24. The van der Waals surface area contributed by atoms with Crippen LogP contribution < -0.4 is 10.5 Å². The molecule has 0 atom stereocenters. The SMILES string of the molecule is CCCN(CCN(C)C)Cc1cc(C(=N)N)ccc1OC. The monoisotopic (exact) mass is 292 g/mol. The van der Waals surface area contributed by atoms with E-state index in [1.807, 2.05) is 18.2 Å². The normalized spacial score (nSPS) is 11.1. The van der Waals surface area contributed by atoms with Crippen molar-refractivity contribution in [1.29, 1.82) is 5.41 Å². The van der Waals surface area contributed by atoms with Crippen LogP contribution in [0.2, 0.25) is 0 Å². The summed E-state index contributed by atoms with van der Waals surface area (Å²) in [4.78, 5) is 4.59. The highest BCUT2D eigenvalue weighted by atomic mass is 16.5. The molecule has 0 aromatic heterocycles. The minimum atomic E-state index is 0.0919. The van der Waals surface area contributed by atoms with E-state index in [0.717, 1.165) is 49.5 Å². The number of ether oxygens (including phenoxy) is 1. The summed E-state index contributed by atoms with van der Waals surface area (Å²) in [6, 6.07) is 5.68. The minimum absolute atomic E-state index is 0.0919. The first-order valence-electron chi connectivity index (χ1n) is 7.36. The summed E-state index contributed by atoms with van der Waals surface area (Å²) in [5.41, 5.74) is 7.41. The molecule has 0 saturated carbocycles. The number of benzene rings is 1. The maximum atomic E-state index is 7.58. The molecule has 0 radical (unpaired) electrons. The molecule has 0 aliphatic rings. The largest absolute Gasteiger partial charge is 0.496 e. The Kier molecular flexibility index (Phi) is 7.19. The summed E-state index contributed by atoms with van der Waals surface area (Å²) in [5, 5.41) is 7.58. The van der Waals surface area contributed by atoms with E-state index in [0.29, 0.717) is 0 Å². The van der Waals surface area contributed by atoms with Crippen molar-refractivity contribution in [3.63, 3.8) is 0 Å². The maximum Gasteiger partial charge on any atom is 0.123 e. The predicted octanol–water partition coefficient (Wildman–Crippen LogP) is 1.75. The van der Waals surface area contributed by atoms with Crippen LogP contribution in [0.4, 0.5) is 0 Å². The number of hydrogen-bond donors (Lipinski definition) is 2. The number of nitrogens with one attached hydrogen (secondary N) is 1. The number of nitrogens with zero attached hydrogens (tertiary/aromatic N) is 2. The number of nitrogens with two attached hydrogens (primary N) is 1. The van der Waals surface area contributed by atoms with Crippen molar-refractivity contribution in [3.8, 4) is 5.75 Å². The number of amidine groups is 1. The molecule has 5 heteroatoms. The highest BCUT2D eigenvalue weighted by molar-refractivity contribution is 5.95. The van der Waals surface area contributed by atoms with Crippen LogP contribution in [0.5, 0.6) is 5.75 Å². The van der Waals surface area contributed by atoms with E-state index in [9.17, 15) is 0 Å². The summed E-state index contributed by atoms with van der Waals surface area (Å²) in [6.45, 7) is 6.07. The van der Waals surface area contributed by atoms with Gasteiger partial charge in [0.25, 0.3) is 0 Å². The first kappa shape index (κ1) is 17.5. The Morgan fingerprint density at radius 1 is 1.24 bits per heavy atom. The molecule has 1 aromatic carbocycles. The van der Waals surface area contributed by atoms with Gasteiger partial charge in [0.2, 0.25) is 0 Å². The van der Waals surface area contributed by atoms with Gasteiger partial charge in [-0.2, -0.15) is 0 Å². The molecule has 5 nitrogen and oxygen atoms in total. The fourth-order valence-electron chi connectivity index (χ4n) is 2.24. The molecular formula is C16H28N4O. The van der Waals surface area contributed by atoms with Gasteiger partial charge in [0.05, 0.1) is 7.11 Å². The maximum absolute atomic E-state index is 7.58. The Morgan fingerprint density at radius 3 is 2.48 bits per heavy atom. The van der Waals surface area contributed by atoms with Gasteiger partial charge < -0.3 is 15.4 Å². The van der Waals surface area contributed by atoms with E-state index in [-0.39, 0.29) is 5.84 Å². The Labute approximate surface area is 128 Å². The highest BCUT2D eigenvalue weighted by Gasteiger charge is 2.11. The first-order chi connectivity index (χ1) is 9.97. The fourth-order valence-corrected chi connectivity index (χ4v) is 2.24. The van der Waals surface area contributed by atoms with Crippen LogP contribution in [0.3, 0.4) is 0 Å².